The molecule has 0 aliphatic rings. The molecule has 3 heteroatoms. The second kappa shape index (κ2) is 9.97. The Morgan fingerprint density at radius 2 is 1.87 bits per heavy atom. The van der Waals surface area contributed by atoms with Gasteiger partial charge in [0.1, 0.15) is 0 Å². The summed E-state index contributed by atoms with van der Waals surface area (Å²) in [6.07, 6.45) is 5.01. The van der Waals surface area contributed by atoms with Crippen LogP contribution in [0.1, 0.15) is 52.9 Å². The predicted octanol–water partition coefficient (Wildman–Crippen LogP) is 2.07. The molecule has 0 aliphatic carbocycles. The molecule has 1 amide bonds. The molecule has 0 aromatic heterocycles. The van der Waals surface area contributed by atoms with Crippen molar-refractivity contribution in [2.75, 3.05) is 13.1 Å². The molecule has 0 fully saturated rings. The number of hydrogen-bond acceptors (Lipinski definition) is 2. The third-order valence-corrected chi connectivity index (χ3v) is 2.21. The first kappa shape index (κ1) is 14.4. The van der Waals surface area contributed by atoms with Crippen LogP contribution in [0.25, 0.3) is 0 Å². The quantitative estimate of drug-likeness (QED) is 0.577. The van der Waals surface area contributed by atoms with Crippen LogP contribution >= 0.6 is 0 Å². The Kier molecular flexibility index (Phi) is 9.59. The molecule has 15 heavy (non-hydrogen) atoms. The van der Waals surface area contributed by atoms with Crippen LogP contribution in [0.4, 0.5) is 0 Å². The summed E-state index contributed by atoms with van der Waals surface area (Å²) in [6.45, 7) is 8.25. The molecule has 3 nitrogen and oxygen atoms in total. The number of carbonyl (C=O) groups excluding carboxylic acids is 1. The van der Waals surface area contributed by atoms with E-state index in [-0.39, 0.29) is 5.91 Å². The molecule has 0 aromatic carbocycles. The van der Waals surface area contributed by atoms with Gasteiger partial charge in [-0.2, -0.15) is 0 Å². The Bertz CT molecular complexity index is 158. The maximum atomic E-state index is 11.2. The maximum Gasteiger partial charge on any atom is 0.219 e. The van der Waals surface area contributed by atoms with Crippen molar-refractivity contribution < 1.29 is 4.79 Å². The summed E-state index contributed by atoms with van der Waals surface area (Å²) in [5, 5.41) is 6.25. The lowest BCUT2D eigenvalue weighted by molar-refractivity contribution is -0.121. The number of hydrogen-bond donors (Lipinski definition) is 2. The standard InChI is InChI=1S/C12H26N2O/c1-4-9-14-12(15)8-6-5-7-10-13-11(2)3/h11,13H,4-10H2,1-3H3,(H,14,15). The van der Waals surface area contributed by atoms with Crippen LogP contribution in [-0.2, 0) is 4.79 Å². The Morgan fingerprint density at radius 3 is 2.47 bits per heavy atom. The van der Waals surface area contributed by atoms with Gasteiger partial charge in [-0.1, -0.05) is 27.2 Å². The summed E-state index contributed by atoms with van der Waals surface area (Å²) in [5.74, 6) is 0.202. The van der Waals surface area contributed by atoms with Crippen LogP contribution in [0.2, 0.25) is 0 Å². The van der Waals surface area contributed by atoms with Gasteiger partial charge in [0.05, 0.1) is 0 Å². The van der Waals surface area contributed by atoms with Gasteiger partial charge in [-0.05, 0) is 25.8 Å². The topological polar surface area (TPSA) is 41.1 Å². The van der Waals surface area contributed by atoms with Crippen molar-refractivity contribution in [3.63, 3.8) is 0 Å². The fourth-order valence-corrected chi connectivity index (χ4v) is 1.33. The molecule has 2 N–H and O–H groups in total. The SMILES string of the molecule is CCCNC(=O)CCCCCNC(C)C. The summed E-state index contributed by atoms with van der Waals surface area (Å²) in [7, 11) is 0. The lowest BCUT2D eigenvalue weighted by Crippen LogP contribution is -2.24. The maximum absolute atomic E-state index is 11.2. The van der Waals surface area contributed by atoms with Crippen LogP contribution in [0.15, 0.2) is 0 Å². The average molecular weight is 214 g/mol. The number of rotatable bonds is 9. The highest BCUT2D eigenvalue weighted by Crippen LogP contribution is 1.99. The van der Waals surface area contributed by atoms with Crippen molar-refractivity contribution in [3.05, 3.63) is 0 Å². The molecular weight excluding hydrogens is 188 g/mol. The lowest BCUT2D eigenvalue weighted by Gasteiger charge is -2.07. The van der Waals surface area contributed by atoms with Crippen LogP contribution in [0.3, 0.4) is 0 Å². The first-order valence-electron chi connectivity index (χ1n) is 6.17. The van der Waals surface area contributed by atoms with E-state index in [2.05, 4.69) is 31.4 Å². The fourth-order valence-electron chi connectivity index (χ4n) is 1.33. The van der Waals surface area contributed by atoms with Crippen molar-refractivity contribution in [1.29, 1.82) is 0 Å². The Balaban J connectivity index is 3.13. The molecule has 0 saturated carbocycles. The van der Waals surface area contributed by atoms with Gasteiger partial charge in [0.15, 0.2) is 0 Å². The third kappa shape index (κ3) is 11.4. The van der Waals surface area contributed by atoms with Crippen LogP contribution in [0.5, 0.6) is 0 Å². The van der Waals surface area contributed by atoms with E-state index in [0.29, 0.717) is 12.5 Å². The van der Waals surface area contributed by atoms with Crippen molar-refractivity contribution in [2.24, 2.45) is 0 Å². The first-order valence-corrected chi connectivity index (χ1v) is 6.17. The lowest BCUT2D eigenvalue weighted by atomic mass is 10.2. The number of amides is 1. The summed E-state index contributed by atoms with van der Waals surface area (Å²) in [6, 6.07) is 0.567. The Morgan fingerprint density at radius 1 is 1.13 bits per heavy atom. The largest absolute Gasteiger partial charge is 0.356 e. The zero-order chi connectivity index (χ0) is 11.5. The van der Waals surface area contributed by atoms with Gasteiger partial charge in [0, 0.05) is 19.0 Å². The molecule has 0 radical (unpaired) electrons. The van der Waals surface area contributed by atoms with Crippen LogP contribution in [0, 0.1) is 0 Å². The predicted molar refractivity (Wildman–Crippen MR) is 64.9 cm³/mol. The van der Waals surface area contributed by atoms with Gasteiger partial charge in [-0.3, -0.25) is 4.79 Å². The van der Waals surface area contributed by atoms with E-state index in [1.807, 2.05) is 0 Å². The monoisotopic (exact) mass is 214 g/mol. The Labute approximate surface area is 94.0 Å². The van der Waals surface area contributed by atoms with E-state index >= 15 is 0 Å². The van der Waals surface area contributed by atoms with Crippen molar-refractivity contribution in [1.82, 2.24) is 10.6 Å². The molecular formula is C12H26N2O. The van der Waals surface area contributed by atoms with E-state index in [1.54, 1.807) is 0 Å². The highest BCUT2D eigenvalue weighted by atomic mass is 16.1. The van der Waals surface area contributed by atoms with E-state index in [4.69, 9.17) is 0 Å². The average Bonchev–Trinajstić information content (AvgIpc) is 2.19. The smallest absolute Gasteiger partial charge is 0.219 e. The van der Waals surface area contributed by atoms with Gasteiger partial charge in [0.25, 0.3) is 0 Å². The van der Waals surface area contributed by atoms with Crippen LogP contribution < -0.4 is 10.6 Å². The molecule has 0 heterocycles. The highest BCUT2D eigenvalue weighted by molar-refractivity contribution is 5.75. The zero-order valence-corrected chi connectivity index (χ0v) is 10.4. The summed E-state index contributed by atoms with van der Waals surface area (Å²) in [4.78, 5) is 11.2. The van der Waals surface area contributed by atoms with Crippen molar-refractivity contribution in [2.45, 2.75) is 58.9 Å². The minimum Gasteiger partial charge on any atom is -0.356 e. The highest BCUT2D eigenvalue weighted by Gasteiger charge is 1.99. The van der Waals surface area contributed by atoms with Gasteiger partial charge >= 0.3 is 0 Å². The fraction of sp³-hybridized carbons (Fsp3) is 0.917. The van der Waals surface area contributed by atoms with Gasteiger partial charge in [-0.25, -0.2) is 0 Å². The minimum atomic E-state index is 0.202. The van der Waals surface area contributed by atoms with Gasteiger partial charge in [-0.15, -0.1) is 0 Å². The molecule has 0 saturated heterocycles. The number of unbranched alkanes of at least 4 members (excludes halogenated alkanes) is 2. The minimum absolute atomic E-state index is 0.202. The molecule has 0 spiro atoms. The summed E-state index contributed by atoms with van der Waals surface area (Å²) >= 11 is 0. The Hall–Kier alpha value is -0.570. The van der Waals surface area contributed by atoms with E-state index < -0.39 is 0 Å². The van der Waals surface area contributed by atoms with E-state index in [0.717, 1.165) is 32.4 Å². The molecule has 0 rings (SSSR count). The van der Waals surface area contributed by atoms with Crippen molar-refractivity contribution >= 4 is 5.91 Å². The van der Waals surface area contributed by atoms with Crippen LogP contribution in [-0.4, -0.2) is 25.0 Å². The second-order valence-corrected chi connectivity index (χ2v) is 4.27. The van der Waals surface area contributed by atoms with Crippen molar-refractivity contribution in [3.8, 4) is 0 Å². The third-order valence-electron chi connectivity index (χ3n) is 2.21. The molecule has 0 aromatic rings. The normalized spacial score (nSPS) is 10.7. The van der Waals surface area contributed by atoms with Gasteiger partial charge in [0.2, 0.25) is 5.91 Å². The van der Waals surface area contributed by atoms with Gasteiger partial charge < -0.3 is 10.6 Å². The number of nitrogens with one attached hydrogen (secondary N) is 2. The molecule has 0 unspecified atom stereocenters. The number of carbonyl (C=O) groups is 1. The zero-order valence-electron chi connectivity index (χ0n) is 10.4. The molecule has 0 bridgehead atoms. The summed E-state index contributed by atoms with van der Waals surface area (Å²) in [5.41, 5.74) is 0. The molecule has 0 atom stereocenters. The molecule has 0 aliphatic heterocycles. The first-order chi connectivity index (χ1) is 7.16. The second-order valence-electron chi connectivity index (χ2n) is 4.27. The van der Waals surface area contributed by atoms with E-state index in [1.165, 1.54) is 6.42 Å². The molecule has 90 valence electrons. The summed E-state index contributed by atoms with van der Waals surface area (Å²) < 4.78 is 0. The van der Waals surface area contributed by atoms with E-state index in [9.17, 15) is 4.79 Å².